The monoisotopic (exact) mass is 371 g/mol. The van der Waals surface area contributed by atoms with Crippen LogP contribution in [-0.4, -0.2) is 59.4 Å². The maximum absolute atomic E-state index is 13.1. The van der Waals surface area contributed by atoms with Gasteiger partial charge >= 0.3 is 0 Å². The van der Waals surface area contributed by atoms with E-state index < -0.39 is 0 Å². The van der Waals surface area contributed by atoms with Gasteiger partial charge in [-0.2, -0.15) is 0 Å². The van der Waals surface area contributed by atoms with Gasteiger partial charge in [0.25, 0.3) is 5.91 Å². The third-order valence-corrected chi connectivity index (χ3v) is 6.60. The molecule has 1 aromatic heterocycles. The molecule has 0 bridgehead atoms. The number of hydrogen-bond acceptors (Lipinski definition) is 4. The number of piperidine rings is 2. The average Bonchev–Trinajstić information content (AvgIpc) is 3.24. The van der Waals surface area contributed by atoms with Crippen molar-refractivity contribution in [2.24, 2.45) is 5.41 Å². The average molecular weight is 371 g/mol. The number of pyridine rings is 1. The summed E-state index contributed by atoms with van der Waals surface area (Å²) in [6.07, 6.45) is 10.00. The van der Waals surface area contributed by atoms with Gasteiger partial charge in [-0.15, -0.1) is 0 Å². The quantitative estimate of drug-likeness (QED) is 0.820. The highest BCUT2D eigenvalue weighted by molar-refractivity contribution is 5.94. The van der Waals surface area contributed by atoms with E-state index in [-0.39, 0.29) is 11.3 Å². The number of ether oxygens (including phenoxy) is 1. The second-order valence-corrected chi connectivity index (χ2v) is 8.38. The second-order valence-electron chi connectivity index (χ2n) is 8.38. The molecule has 1 aliphatic carbocycles. The van der Waals surface area contributed by atoms with Crippen LogP contribution in [0.5, 0.6) is 5.88 Å². The van der Waals surface area contributed by atoms with Crippen LogP contribution in [0, 0.1) is 5.41 Å². The maximum Gasteiger partial charge on any atom is 0.254 e. The summed E-state index contributed by atoms with van der Waals surface area (Å²) in [7, 11) is 1.56. The van der Waals surface area contributed by atoms with Crippen LogP contribution in [-0.2, 0) is 4.79 Å². The Balaban J connectivity index is 1.49. The molecule has 0 radical (unpaired) electrons. The van der Waals surface area contributed by atoms with Gasteiger partial charge in [0, 0.05) is 55.3 Å². The largest absolute Gasteiger partial charge is 0.481 e. The fourth-order valence-electron chi connectivity index (χ4n) is 5.14. The molecular weight excluding hydrogens is 342 g/mol. The van der Waals surface area contributed by atoms with Crippen LogP contribution in [0.15, 0.2) is 18.3 Å². The second kappa shape index (κ2) is 7.49. The van der Waals surface area contributed by atoms with E-state index >= 15 is 0 Å². The first-order chi connectivity index (χ1) is 13.1. The molecule has 27 heavy (non-hydrogen) atoms. The molecule has 0 unspecified atom stereocenters. The maximum atomic E-state index is 13.1. The van der Waals surface area contributed by atoms with Crippen molar-refractivity contribution in [1.29, 1.82) is 0 Å². The smallest absolute Gasteiger partial charge is 0.254 e. The third kappa shape index (κ3) is 3.66. The number of carbonyl (C=O) groups is 2. The van der Waals surface area contributed by atoms with Gasteiger partial charge in [0.05, 0.1) is 7.11 Å². The van der Waals surface area contributed by atoms with E-state index in [0.29, 0.717) is 29.8 Å². The van der Waals surface area contributed by atoms with Crippen molar-refractivity contribution in [2.75, 3.05) is 26.7 Å². The minimum atomic E-state index is 0.0408. The number of likely N-dealkylation sites (tertiary alicyclic amines) is 2. The number of rotatable bonds is 3. The summed E-state index contributed by atoms with van der Waals surface area (Å²) in [5, 5.41) is 0. The molecule has 6 nitrogen and oxygen atoms in total. The van der Waals surface area contributed by atoms with Gasteiger partial charge < -0.3 is 14.5 Å². The number of methoxy groups -OCH3 is 1. The summed E-state index contributed by atoms with van der Waals surface area (Å²) >= 11 is 0. The molecule has 3 fully saturated rings. The predicted octanol–water partition coefficient (Wildman–Crippen LogP) is 2.88. The van der Waals surface area contributed by atoms with E-state index in [1.54, 1.807) is 25.4 Å². The number of hydrogen-bond donors (Lipinski definition) is 0. The third-order valence-electron chi connectivity index (χ3n) is 6.60. The Bertz CT molecular complexity index is 716. The molecule has 6 heteroatoms. The lowest BCUT2D eigenvalue weighted by atomic mass is 9.73. The minimum absolute atomic E-state index is 0.0408. The first-order valence-electron chi connectivity index (χ1n) is 10.2. The van der Waals surface area contributed by atoms with Crippen LogP contribution in [0.25, 0.3) is 0 Å². The first-order valence-corrected chi connectivity index (χ1v) is 10.2. The van der Waals surface area contributed by atoms with Crippen molar-refractivity contribution in [3.8, 4) is 5.88 Å². The van der Waals surface area contributed by atoms with Crippen molar-refractivity contribution < 1.29 is 14.3 Å². The molecule has 1 spiro atoms. The van der Waals surface area contributed by atoms with Gasteiger partial charge in [0.2, 0.25) is 11.8 Å². The van der Waals surface area contributed by atoms with E-state index in [9.17, 15) is 9.59 Å². The number of carbonyl (C=O) groups excluding carboxylic acids is 2. The summed E-state index contributed by atoms with van der Waals surface area (Å²) in [5.74, 6) is 0.817. The lowest BCUT2D eigenvalue weighted by Gasteiger charge is -2.49. The highest BCUT2D eigenvalue weighted by Crippen LogP contribution is 2.41. The van der Waals surface area contributed by atoms with Crippen molar-refractivity contribution in [2.45, 2.75) is 57.4 Å². The molecule has 3 heterocycles. The van der Waals surface area contributed by atoms with Gasteiger partial charge in [-0.1, -0.05) is 12.8 Å². The summed E-state index contributed by atoms with van der Waals surface area (Å²) in [6, 6.07) is 3.88. The summed E-state index contributed by atoms with van der Waals surface area (Å²) in [6.45, 7) is 2.34. The van der Waals surface area contributed by atoms with Crippen LogP contribution in [0.2, 0.25) is 0 Å². The molecule has 1 saturated carbocycles. The molecule has 2 saturated heterocycles. The Morgan fingerprint density at radius 3 is 2.81 bits per heavy atom. The molecular formula is C21H29N3O3. The fourth-order valence-corrected chi connectivity index (χ4v) is 5.14. The normalized spacial score (nSPS) is 26.6. The van der Waals surface area contributed by atoms with Crippen molar-refractivity contribution in [3.05, 3.63) is 23.9 Å². The Morgan fingerprint density at radius 2 is 2.04 bits per heavy atom. The van der Waals surface area contributed by atoms with Gasteiger partial charge in [0.1, 0.15) is 0 Å². The van der Waals surface area contributed by atoms with Crippen LogP contribution in [0.3, 0.4) is 0 Å². The molecule has 1 aromatic rings. The van der Waals surface area contributed by atoms with Crippen molar-refractivity contribution in [1.82, 2.24) is 14.8 Å². The highest BCUT2D eigenvalue weighted by Gasteiger charge is 2.44. The van der Waals surface area contributed by atoms with Crippen molar-refractivity contribution in [3.63, 3.8) is 0 Å². The predicted molar refractivity (Wildman–Crippen MR) is 102 cm³/mol. The van der Waals surface area contributed by atoms with Gasteiger partial charge in [0.15, 0.2) is 0 Å². The van der Waals surface area contributed by atoms with Gasteiger partial charge in [-0.25, -0.2) is 4.98 Å². The summed E-state index contributed by atoms with van der Waals surface area (Å²) in [5.41, 5.74) is 0.681. The summed E-state index contributed by atoms with van der Waals surface area (Å²) < 4.78 is 5.16. The highest BCUT2D eigenvalue weighted by atomic mass is 16.5. The molecule has 3 aliphatic rings. The molecule has 1 atom stereocenters. The Hall–Kier alpha value is -2.11. The Kier molecular flexibility index (Phi) is 5.06. The fraction of sp³-hybridized carbons (Fsp3) is 0.667. The van der Waals surface area contributed by atoms with Crippen LogP contribution < -0.4 is 4.74 Å². The van der Waals surface area contributed by atoms with Crippen molar-refractivity contribution >= 4 is 11.8 Å². The van der Waals surface area contributed by atoms with Crippen LogP contribution in [0.4, 0.5) is 0 Å². The molecule has 2 aliphatic heterocycles. The molecule has 2 amide bonds. The number of nitrogens with zero attached hydrogens (tertiary/aromatic N) is 3. The van der Waals surface area contributed by atoms with Gasteiger partial charge in [-0.05, 0) is 38.2 Å². The zero-order valence-electron chi connectivity index (χ0n) is 16.2. The lowest BCUT2D eigenvalue weighted by molar-refractivity contribution is -0.142. The lowest BCUT2D eigenvalue weighted by Crippen LogP contribution is -2.56. The molecule has 0 N–H and O–H groups in total. The van der Waals surface area contributed by atoms with E-state index in [2.05, 4.69) is 9.88 Å². The first kappa shape index (κ1) is 18.3. The molecule has 0 aromatic carbocycles. The van der Waals surface area contributed by atoms with Crippen LogP contribution in [0.1, 0.15) is 61.7 Å². The van der Waals surface area contributed by atoms with E-state index in [1.807, 2.05) is 4.90 Å². The van der Waals surface area contributed by atoms with Gasteiger partial charge in [-0.3, -0.25) is 9.59 Å². The molecule has 146 valence electrons. The van der Waals surface area contributed by atoms with E-state index in [0.717, 1.165) is 51.7 Å². The summed E-state index contributed by atoms with van der Waals surface area (Å²) in [4.78, 5) is 33.8. The molecule has 4 rings (SSSR count). The van der Waals surface area contributed by atoms with E-state index in [4.69, 9.17) is 4.74 Å². The zero-order chi connectivity index (χ0) is 18.9. The Morgan fingerprint density at radius 1 is 1.22 bits per heavy atom. The minimum Gasteiger partial charge on any atom is -0.481 e. The SMILES string of the molecule is COc1cc(C(=O)N2CCC[C@]3(CCC(=O)N(C4CCCC4)C3)C2)ccn1. The van der Waals surface area contributed by atoms with Crippen LogP contribution >= 0.6 is 0 Å². The standard InChI is InChI=1S/C21H29N3O3/c1-27-18-13-16(8-11-22-18)20(26)23-12-4-9-21(14-23)10-7-19(25)24(15-21)17-5-2-3-6-17/h8,11,13,17H,2-7,9-10,12,14-15H2,1H3/t21-/m0/s1. The Labute approximate surface area is 160 Å². The zero-order valence-corrected chi connectivity index (χ0v) is 16.2. The number of amides is 2. The van der Waals surface area contributed by atoms with E-state index in [1.165, 1.54) is 12.8 Å². The number of aromatic nitrogens is 1. The topological polar surface area (TPSA) is 62.7 Å².